The van der Waals surface area contributed by atoms with Gasteiger partial charge < -0.3 is 10.6 Å². The summed E-state index contributed by atoms with van der Waals surface area (Å²) in [5.74, 6) is 1.50. The zero-order valence-electron chi connectivity index (χ0n) is 10.3. The number of rotatable bonds is 3. The minimum Gasteiger partial charge on any atom is -0.370 e. The molecule has 0 saturated heterocycles. The van der Waals surface area contributed by atoms with Gasteiger partial charge in [-0.25, -0.2) is 0 Å². The number of nitrogens with two attached hydrogens (primary N) is 1. The van der Waals surface area contributed by atoms with Crippen LogP contribution >= 0.6 is 0 Å². The molecule has 0 aromatic heterocycles. The van der Waals surface area contributed by atoms with Gasteiger partial charge in [0.25, 0.3) is 0 Å². The van der Waals surface area contributed by atoms with Crippen molar-refractivity contribution in [1.29, 1.82) is 0 Å². The van der Waals surface area contributed by atoms with Crippen molar-refractivity contribution < 1.29 is 0 Å². The first-order valence-electron chi connectivity index (χ1n) is 6.46. The van der Waals surface area contributed by atoms with Gasteiger partial charge in [0.2, 0.25) is 0 Å². The fourth-order valence-electron chi connectivity index (χ4n) is 2.63. The Morgan fingerprint density at radius 2 is 2.12 bits per heavy atom. The largest absolute Gasteiger partial charge is 0.370 e. The highest BCUT2D eigenvalue weighted by Crippen LogP contribution is 2.41. The van der Waals surface area contributed by atoms with E-state index in [0.717, 1.165) is 19.0 Å². The molecule has 3 rings (SSSR count). The van der Waals surface area contributed by atoms with E-state index >= 15 is 0 Å². The number of likely N-dealkylation sites (N-methyl/N-ethyl adjacent to an activating group) is 1. The number of nitrogens with zero attached hydrogens (tertiary/aromatic N) is 2. The SMILES string of the molecule is CCN1C(N)=NCC1c1cccc(C2CC2)c1. The monoisotopic (exact) mass is 229 g/mol. The number of aliphatic imine (C=N–C) groups is 1. The first-order valence-corrected chi connectivity index (χ1v) is 6.46. The summed E-state index contributed by atoms with van der Waals surface area (Å²) in [6.07, 6.45) is 2.70. The fraction of sp³-hybridized carbons (Fsp3) is 0.500. The third-order valence-electron chi connectivity index (χ3n) is 3.78. The molecule has 90 valence electrons. The van der Waals surface area contributed by atoms with Crippen LogP contribution in [0.4, 0.5) is 0 Å². The number of benzene rings is 1. The van der Waals surface area contributed by atoms with Crippen LogP contribution in [0.15, 0.2) is 29.3 Å². The minimum absolute atomic E-state index is 0.346. The molecule has 0 amide bonds. The first kappa shape index (κ1) is 10.6. The molecule has 3 heteroatoms. The maximum absolute atomic E-state index is 5.90. The Balaban J connectivity index is 1.86. The van der Waals surface area contributed by atoms with E-state index in [1.54, 1.807) is 0 Å². The molecule has 1 aromatic rings. The van der Waals surface area contributed by atoms with Crippen molar-refractivity contribution in [1.82, 2.24) is 4.90 Å². The second kappa shape index (κ2) is 4.06. The van der Waals surface area contributed by atoms with E-state index in [-0.39, 0.29) is 0 Å². The van der Waals surface area contributed by atoms with Crippen LogP contribution in [0, 0.1) is 0 Å². The first-order chi connectivity index (χ1) is 8.29. The van der Waals surface area contributed by atoms with Gasteiger partial charge in [-0.05, 0) is 36.8 Å². The van der Waals surface area contributed by atoms with E-state index in [1.807, 2.05) is 0 Å². The van der Waals surface area contributed by atoms with E-state index in [1.165, 1.54) is 24.0 Å². The Labute approximate surface area is 102 Å². The highest BCUT2D eigenvalue weighted by Gasteiger charge is 2.28. The highest BCUT2D eigenvalue weighted by molar-refractivity contribution is 5.80. The maximum Gasteiger partial charge on any atom is 0.191 e. The molecule has 1 fully saturated rings. The Morgan fingerprint density at radius 1 is 1.35 bits per heavy atom. The van der Waals surface area contributed by atoms with E-state index in [0.29, 0.717) is 12.0 Å². The van der Waals surface area contributed by atoms with Gasteiger partial charge in [-0.1, -0.05) is 24.3 Å². The van der Waals surface area contributed by atoms with Crippen LogP contribution in [0.3, 0.4) is 0 Å². The average Bonchev–Trinajstić information content (AvgIpc) is 3.13. The normalized spacial score (nSPS) is 23.9. The summed E-state index contributed by atoms with van der Waals surface area (Å²) in [6.45, 7) is 3.85. The van der Waals surface area contributed by atoms with Crippen molar-refractivity contribution in [2.45, 2.75) is 31.7 Å². The summed E-state index contributed by atoms with van der Waals surface area (Å²) in [6, 6.07) is 9.31. The van der Waals surface area contributed by atoms with Crippen molar-refractivity contribution in [3.63, 3.8) is 0 Å². The molecule has 1 unspecified atom stereocenters. The van der Waals surface area contributed by atoms with E-state index in [4.69, 9.17) is 5.73 Å². The molecule has 1 aromatic carbocycles. The number of hydrogen-bond donors (Lipinski definition) is 1. The second-order valence-corrected chi connectivity index (χ2v) is 4.95. The lowest BCUT2D eigenvalue weighted by molar-refractivity contribution is 0.364. The Hall–Kier alpha value is -1.51. The van der Waals surface area contributed by atoms with Crippen molar-refractivity contribution in [2.24, 2.45) is 10.7 Å². The van der Waals surface area contributed by atoms with Gasteiger partial charge in [-0.2, -0.15) is 0 Å². The average molecular weight is 229 g/mol. The second-order valence-electron chi connectivity index (χ2n) is 4.95. The van der Waals surface area contributed by atoms with Gasteiger partial charge in [-0.15, -0.1) is 0 Å². The smallest absolute Gasteiger partial charge is 0.191 e. The van der Waals surface area contributed by atoms with E-state index in [9.17, 15) is 0 Å². The van der Waals surface area contributed by atoms with Gasteiger partial charge in [-0.3, -0.25) is 4.99 Å². The zero-order chi connectivity index (χ0) is 11.8. The molecule has 1 aliphatic carbocycles. The van der Waals surface area contributed by atoms with Crippen LogP contribution in [0.5, 0.6) is 0 Å². The van der Waals surface area contributed by atoms with Crippen molar-refractivity contribution in [2.75, 3.05) is 13.1 Å². The lowest BCUT2D eigenvalue weighted by Crippen LogP contribution is -2.35. The van der Waals surface area contributed by atoms with Gasteiger partial charge in [0.05, 0.1) is 12.6 Å². The topological polar surface area (TPSA) is 41.6 Å². The predicted molar refractivity (Wildman–Crippen MR) is 70.0 cm³/mol. The number of hydrogen-bond acceptors (Lipinski definition) is 3. The fourth-order valence-corrected chi connectivity index (χ4v) is 2.63. The highest BCUT2D eigenvalue weighted by atomic mass is 15.3. The van der Waals surface area contributed by atoms with Gasteiger partial charge in [0.1, 0.15) is 0 Å². The number of guanidine groups is 1. The molecule has 1 heterocycles. The van der Waals surface area contributed by atoms with Gasteiger partial charge in [0, 0.05) is 6.54 Å². The van der Waals surface area contributed by atoms with Crippen molar-refractivity contribution in [3.05, 3.63) is 35.4 Å². The Morgan fingerprint density at radius 3 is 2.82 bits per heavy atom. The quantitative estimate of drug-likeness (QED) is 0.863. The minimum atomic E-state index is 0.346. The molecule has 1 atom stereocenters. The molecule has 3 nitrogen and oxygen atoms in total. The molecule has 2 aliphatic rings. The van der Waals surface area contributed by atoms with Crippen LogP contribution in [0.25, 0.3) is 0 Å². The third-order valence-corrected chi connectivity index (χ3v) is 3.78. The molecule has 1 saturated carbocycles. The van der Waals surface area contributed by atoms with Crippen molar-refractivity contribution in [3.8, 4) is 0 Å². The molecule has 2 N–H and O–H groups in total. The molecular formula is C14H19N3. The van der Waals surface area contributed by atoms with Crippen LogP contribution in [-0.4, -0.2) is 23.9 Å². The Bertz CT molecular complexity index is 449. The lowest BCUT2D eigenvalue weighted by Gasteiger charge is -2.25. The van der Waals surface area contributed by atoms with Gasteiger partial charge in [0.15, 0.2) is 5.96 Å². The predicted octanol–water partition coefficient (Wildman–Crippen LogP) is 2.26. The van der Waals surface area contributed by atoms with Crippen molar-refractivity contribution >= 4 is 5.96 Å². The lowest BCUT2D eigenvalue weighted by atomic mass is 10.0. The van der Waals surface area contributed by atoms with Crippen LogP contribution in [0.1, 0.15) is 42.9 Å². The third kappa shape index (κ3) is 1.90. The summed E-state index contributed by atoms with van der Waals surface area (Å²) in [4.78, 5) is 6.54. The van der Waals surface area contributed by atoms with E-state index in [2.05, 4.69) is 41.1 Å². The van der Waals surface area contributed by atoms with Crippen LogP contribution in [0.2, 0.25) is 0 Å². The van der Waals surface area contributed by atoms with Gasteiger partial charge >= 0.3 is 0 Å². The molecule has 1 aliphatic heterocycles. The van der Waals surface area contributed by atoms with Crippen LogP contribution in [-0.2, 0) is 0 Å². The molecule has 0 spiro atoms. The standard InChI is InChI=1S/C14H19N3/c1-2-17-13(9-16-14(17)15)12-5-3-4-11(8-12)10-6-7-10/h3-5,8,10,13H,2,6-7,9H2,1H3,(H2,15,16). The summed E-state index contributed by atoms with van der Waals surface area (Å²) in [5.41, 5.74) is 8.75. The maximum atomic E-state index is 5.90. The van der Waals surface area contributed by atoms with E-state index < -0.39 is 0 Å². The summed E-state index contributed by atoms with van der Waals surface area (Å²) < 4.78 is 0. The molecule has 17 heavy (non-hydrogen) atoms. The summed E-state index contributed by atoms with van der Waals surface area (Å²) in [5, 5.41) is 0. The zero-order valence-corrected chi connectivity index (χ0v) is 10.3. The molecule has 0 bridgehead atoms. The summed E-state index contributed by atoms with van der Waals surface area (Å²) in [7, 11) is 0. The van der Waals surface area contributed by atoms with Crippen LogP contribution < -0.4 is 5.73 Å². The molecular weight excluding hydrogens is 210 g/mol. The molecule has 0 radical (unpaired) electrons. The Kier molecular flexibility index (Phi) is 2.54. The summed E-state index contributed by atoms with van der Waals surface area (Å²) >= 11 is 0.